The second-order valence-corrected chi connectivity index (χ2v) is 6.62. The van der Waals surface area contributed by atoms with E-state index in [0.717, 1.165) is 38.1 Å². The third kappa shape index (κ3) is 3.62. The van der Waals surface area contributed by atoms with Crippen LogP contribution in [0.5, 0.6) is 0 Å². The second kappa shape index (κ2) is 6.92. The van der Waals surface area contributed by atoms with Gasteiger partial charge in [0.05, 0.1) is 6.33 Å². The van der Waals surface area contributed by atoms with E-state index in [0.29, 0.717) is 5.25 Å². The molecule has 1 aliphatic rings. The van der Waals surface area contributed by atoms with Crippen LogP contribution in [0, 0.1) is 0 Å². The van der Waals surface area contributed by atoms with Crippen molar-refractivity contribution in [3.8, 4) is 0 Å². The summed E-state index contributed by atoms with van der Waals surface area (Å²) in [5, 5.41) is 0.498. The molecule has 5 nitrogen and oxygen atoms in total. The van der Waals surface area contributed by atoms with Crippen LogP contribution in [-0.2, 0) is 7.05 Å². The third-order valence-corrected chi connectivity index (χ3v) is 4.70. The van der Waals surface area contributed by atoms with Crippen LogP contribution in [-0.4, -0.2) is 44.5 Å². The van der Waals surface area contributed by atoms with E-state index < -0.39 is 0 Å². The molecule has 1 atom stereocenters. The molecule has 0 N–H and O–H groups in total. The molecule has 1 amide bonds. The molecule has 2 rings (SSSR count). The van der Waals surface area contributed by atoms with E-state index >= 15 is 0 Å². The Kier molecular flexibility index (Phi) is 5.23. The first-order chi connectivity index (χ1) is 9.61. The molecule has 1 aromatic heterocycles. The number of hydrogen-bond acceptors (Lipinski definition) is 4. The van der Waals surface area contributed by atoms with Gasteiger partial charge in [0.1, 0.15) is 5.69 Å². The van der Waals surface area contributed by atoms with Gasteiger partial charge < -0.3 is 9.47 Å². The molecule has 20 heavy (non-hydrogen) atoms. The lowest BCUT2D eigenvalue weighted by Crippen LogP contribution is -2.37. The minimum absolute atomic E-state index is 0.119. The molecule has 6 heteroatoms. The summed E-state index contributed by atoms with van der Waals surface area (Å²) in [5.41, 5.74) is 0.0629. The van der Waals surface area contributed by atoms with Gasteiger partial charge in [0, 0.05) is 31.5 Å². The monoisotopic (exact) mass is 295 g/mol. The zero-order chi connectivity index (χ0) is 14.5. The van der Waals surface area contributed by atoms with Gasteiger partial charge in [0.15, 0.2) is 0 Å². The van der Waals surface area contributed by atoms with Crippen LogP contribution in [0.4, 0.5) is 0 Å². The Morgan fingerprint density at radius 1 is 1.50 bits per heavy atom. The van der Waals surface area contributed by atoms with Gasteiger partial charge in [-0.2, -0.15) is 11.8 Å². The fraction of sp³-hybridized carbons (Fsp3) is 0.643. The van der Waals surface area contributed by atoms with Crippen molar-refractivity contribution < 1.29 is 4.79 Å². The number of aromatic nitrogens is 2. The maximum Gasteiger partial charge on any atom is 0.272 e. The quantitative estimate of drug-likeness (QED) is 0.848. The van der Waals surface area contributed by atoms with Crippen molar-refractivity contribution in [1.82, 2.24) is 14.5 Å². The first-order valence-corrected chi connectivity index (χ1v) is 8.10. The standard InChI is InChI=1S/C14H21N3O2S/c1-3-20-11-6-4-5-7-17(9-11)14(19)12-8-13(18)16(2)10-15-12/h8,10-11H,3-7,9H2,1-2H3. The van der Waals surface area contributed by atoms with E-state index in [4.69, 9.17) is 0 Å². The summed E-state index contributed by atoms with van der Waals surface area (Å²) in [4.78, 5) is 30.0. The number of thioether (sulfide) groups is 1. The molecule has 110 valence electrons. The molecule has 0 saturated carbocycles. The van der Waals surface area contributed by atoms with E-state index in [2.05, 4.69) is 11.9 Å². The minimum atomic E-state index is -0.197. The van der Waals surface area contributed by atoms with Crippen LogP contribution in [0.1, 0.15) is 36.7 Å². The number of carbonyl (C=O) groups excluding carboxylic acids is 1. The van der Waals surface area contributed by atoms with Crippen LogP contribution in [0.15, 0.2) is 17.2 Å². The second-order valence-electron chi connectivity index (χ2n) is 5.05. The van der Waals surface area contributed by atoms with E-state index in [9.17, 15) is 9.59 Å². The molecule has 2 heterocycles. The summed E-state index contributed by atoms with van der Waals surface area (Å²) in [6, 6.07) is 1.33. The molecular weight excluding hydrogens is 274 g/mol. The number of amides is 1. The number of hydrogen-bond donors (Lipinski definition) is 0. The van der Waals surface area contributed by atoms with Crippen molar-refractivity contribution in [2.75, 3.05) is 18.8 Å². The predicted molar refractivity (Wildman–Crippen MR) is 81.2 cm³/mol. The Morgan fingerprint density at radius 3 is 3.00 bits per heavy atom. The Morgan fingerprint density at radius 2 is 2.30 bits per heavy atom. The summed E-state index contributed by atoms with van der Waals surface area (Å²) < 4.78 is 1.37. The summed E-state index contributed by atoms with van der Waals surface area (Å²) >= 11 is 1.91. The van der Waals surface area contributed by atoms with Crippen LogP contribution >= 0.6 is 11.8 Å². The lowest BCUT2D eigenvalue weighted by molar-refractivity contribution is 0.0757. The maximum atomic E-state index is 12.5. The number of aryl methyl sites for hydroxylation is 1. The highest BCUT2D eigenvalue weighted by Gasteiger charge is 2.23. The molecule has 0 aliphatic carbocycles. The van der Waals surface area contributed by atoms with Gasteiger partial charge in [-0.3, -0.25) is 9.59 Å². The molecule has 0 aromatic carbocycles. The van der Waals surface area contributed by atoms with Gasteiger partial charge in [-0.15, -0.1) is 0 Å². The van der Waals surface area contributed by atoms with Crippen molar-refractivity contribution in [3.63, 3.8) is 0 Å². The zero-order valence-corrected chi connectivity index (χ0v) is 12.9. The van der Waals surface area contributed by atoms with Gasteiger partial charge in [0.2, 0.25) is 0 Å². The highest BCUT2D eigenvalue weighted by atomic mass is 32.2. The normalized spacial score (nSPS) is 19.7. The third-order valence-electron chi connectivity index (χ3n) is 3.51. The fourth-order valence-corrected chi connectivity index (χ4v) is 3.49. The molecule has 0 radical (unpaired) electrons. The van der Waals surface area contributed by atoms with E-state index in [1.165, 1.54) is 17.0 Å². The average molecular weight is 295 g/mol. The first-order valence-electron chi connectivity index (χ1n) is 7.05. The largest absolute Gasteiger partial charge is 0.336 e. The van der Waals surface area contributed by atoms with E-state index in [1.807, 2.05) is 16.7 Å². The van der Waals surface area contributed by atoms with Gasteiger partial charge in [0.25, 0.3) is 11.5 Å². The van der Waals surface area contributed by atoms with E-state index in [1.54, 1.807) is 7.05 Å². The van der Waals surface area contributed by atoms with Gasteiger partial charge in [-0.1, -0.05) is 13.3 Å². The molecule has 1 aliphatic heterocycles. The Bertz CT molecular complexity index is 529. The Hall–Kier alpha value is -1.30. The SMILES string of the molecule is CCSC1CCCCN(C(=O)c2cc(=O)n(C)cn2)C1. The number of rotatable bonds is 3. The number of likely N-dealkylation sites (tertiary alicyclic amines) is 1. The minimum Gasteiger partial charge on any atom is -0.336 e. The topological polar surface area (TPSA) is 55.2 Å². The summed E-state index contributed by atoms with van der Waals surface area (Å²) in [5.74, 6) is 0.947. The molecule has 0 bridgehead atoms. The summed E-state index contributed by atoms with van der Waals surface area (Å²) in [6.45, 7) is 3.66. The number of nitrogens with zero attached hydrogens (tertiary/aromatic N) is 3. The van der Waals surface area contributed by atoms with Crippen molar-refractivity contribution in [3.05, 3.63) is 28.4 Å². The van der Waals surface area contributed by atoms with Crippen molar-refractivity contribution >= 4 is 17.7 Å². The Labute approximate surface area is 123 Å². The highest BCUT2D eigenvalue weighted by Crippen LogP contribution is 2.22. The Balaban J connectivity index is 2.13. The summed E-state index contributed by atoms with van der Waals surface area (Å²) in [7, 11) is 1.63. The van der Waals surface area contributed by atoms with Gasteiger partial charge >= 0.3 is 0 Å². The molecule has 1 aromatic rings. The molecular formula is C14H21N3O2S. The lowest BCUT2D eigenvalue weighted by atomic mass is 10.2. The molecule has 1 unspecified atom stereocenters. The van der Waals surface area contributed by atoms with Crippen LogP contribution < -0.4 is 5.56 Å². The van der Waals surface area contributed by atoms with Gasteiger partial charge in [-0.05, 0) is 18.6 Å². The van der Waals surface area contributed by atoms with Crippen LogP contribution in [0.2, 0.25) is 0 Å². The van der Waals surface area contributed by atoms with Crippen LogP contribution in [0.3, 0.4) is 0 Å². The van der Waals surface area contributed by atoms with E-state index in [-0.39, 0.29) is 17.2 Å². The van der Waals surface area contributed by atoms with Crippen LogP contribution in [0.25, 0.3) is 0 Å². The molecule has 1 fully saturated rings. The average Bonchev–Trinajstić information content (AvgIpc) is 2.67. The van der Waals surface area contributed by atoms with Crippen molar-refractivity contribution in [1.29, 1.82) is 0 Å². The first kappa shape index (κ1) is 15.1. The maximum absolute atomic E-state index is 12.5. The van der Waals surface area contributed by atoms with Crippen molar-refractivity contribution in [2.24, 2.45) is 7.05 Å². The molecule has 1 saturated heterocycles. The fourth-order valence-electron chi connectivity index (χ4n) is 2.40. The number of carbonyl (C=O) groups is 1. The zero-order valence-electron chi connectivity index (χ0n) is 12.0. The summed E-state index contributed by atoms with van der Waals surface area (Å²) in [6.07, 6.45) is 4.75. The predicted octanol–water partition coefficient (Wildman–Crippen LogP) is 1.53. The molecule has 0 spiro atoms. The van der Waals surface area contributed by atoms with Gasteiger partial charge in [-0.25, -0.2) is 4.98 Å². The highest BCUT2D eigenvalue weighted by molar-refractivity contribution is 7.99. The smallest absolute Gasteiger partial charge is 0.272 e. The lowest BCUT2D eigenvalue weighted by Gasteiger charge is -2.23. The van der Waals surface area contributed by atoms with Crippen molar-refractivity contribution in [2.45, 2.75) is 31.4 Å².